The van der Waals surface area contributed by atoms with Crippen molar-refractivity contribution in [3.8, 4) is 0 Å². The minimum Gasteiger partial charge on any atom is -0.395 e. The molecule has 0 aromatic rings. The molecule has 0 N–H and O–H groups in total. The Hall–Kier alpha value is -0.266. The predicted molar refractivity (Wildman–Crippen MR) is 68.6 cm³/mol. The lowest BCUT2D eigenvalue weighted by atomic mass is 10.5. The predicted octanol–water partition coefficient (Wildman–Crippen LogP) is 0.406. The Morgan fingerprint density at radius 1 is 1.27 bits per heavy atom. The first-order chi connectivity index (χ1) is 6.68. The molecule has 6 heteroatoms. The van der Waals surface area contributed by atoms with Gasteiger partial charge in [0.05, 0.1) is 6.54 Å². The van der Waals surface area contributed by atoms with E-state index in [9.17, 15) is 4.79 Å². The average molecular weight is 249 g/mol. The van der Waals surface area contributed by atoms with Gasteiger partial charge in [-0.1, -0.05) is 0 Å². The molecule has 0 heterocycles. The number of isocyanates is 1. The quantitative estimate of drug-likeness (QED) is 0.271. The van der Waals surface area contributed by atoms with E-state index in [4.69, 9.17) is 8.85 Å². The normalized spacial score (nSPS) is 10.3. The summed E-state index contributed by atoms with van der Waals surface area (Å²) in [6.07, 6.45) is 2.36. The van der Waals surface area contributed by atoms with Gasteiger partial charge in [0.25, 0.3) is 0 Å². The third-order valence-electron chi connectivity index (χ3n) is 1.86. The summed E-state index contributed by atoms with van der Waals surface area (Å²) in [5.74, 6) is 0. The van der Waals surface area contributed by atoms with Crippen LogP contribution in [0, 0.1) is 0 Å². The van der Waals surface area contributed by atoms with Crippen molar-refractivity contribution in [3.05, 3.63) is 0 Å². The molecule has 0 radical (unpaired) electrons. The first-order valence-electron chi connectivity index (χ1n) is 5.00. The van der Waals surface area contributed by atoms with E-state index in [1.165, 1.54) is 6.08 Å². The molecule has 0 saturated carbocycles. The summed E-state index contributed by atoms with van der Waals surface area (Å²) in [6, 6.07) is 0.875. The smallest absolute Gasteiger partial charge is 0.334 e. The molecular formula is C9H23NO3Si2. The molecule has 0 spiro atoms. The maximum absolute atomic E-state index is 9.84. The largest absolute Gasteiger partial charge is 0.395 e. The molecule has 0 aliphatic heterocycles. The van der Waals surface area contributed by atoms with Crippen molar-refractivity contribution < 1.29 is 13.6 Å². The van der Waals surface area contributed by atoms with Crippen molar-refractivity contribution in [3.63, 3.8) is 0 Å². The van der Waals surface area contributed by atoms with Gasteiger partial charge in [0, 0.05) is 13.2 Å². The van der Waals surface area contributed by atoms with E-state index < -0.39 is 8.56 Å². The SMILES string of the molecule is CCO[Si](C)(CCCN=C=O)OCC.[SiH4]. The van der Waals surface area contributed by atoms with Crippen molar-refractivity contribution in [2.75, 3.05) is 19.8 Å². The molecule has 0 atom stereocenters. The number of aliphatic imine (C=N–C) groups is 1. The van der Waals surface area contributed by atoms with Crippen LogP contribution in [0.25, 0.3) is 0 Å². The molecule has 15 heavy (non-hydrogen) atoms. The summed E-state index contributed by atoms with van der Waals surface area (Å²) in [7, 11) is -1.99. The summed E-state index contributed by atoms with van der Waals surface area (Å²) in [4.78, 5) is 13.3. The van der Waals surface area contributed by atoms with E-state index in [2.05, 4.69) is 4.99 Å². The third-order valence-corrected chi connectivity index (χ3v) is 4.93. The lowest BCUT2D eigenvalue weighted by molar-refractivity contribution is 0.188. The summed E-state index contributed by atoms with van der Waals surface area (Å²) >= 11 is 0. The third kappa shape index (κ3) is 8.71. The lowest BCUT2D eigenvalue weighted by Crippen LogP contribution is -2.38. The molecule has 0 fully saturated rings. The molecule has 90 valence electrons. The first kappa shape index (κ1) is 17.1. The minimum atomic E-state index is -1.99. The van der Waals surface area contributed by atoms with Crippen LogP contribution < -0.4 is 0 Å². The van der Waals surface area contributed by atoms with Crippen LogP contribution in [-0.2, 0) is 13.6 Å². The van der Waals surface area contributed by atoms with E-state index in [0.29, 0.717) is 19.8 Å². The second-order valence-electron chi connectivity index (χ2n) is 3.08. The Morgan fingerprint density at radius 2 is 1.80 bits per heavy atom. The van der Waals surface area contributed by atoms with Crippen LogP contribution in [-0.4, -0.2) is 45.4 Å². The van der Waals surface area contributed by atoms with Gasteiger partial charge in [0.15, 0.2) is 0 Å². The van der Waals surface area contributed by atoms with Crippen LogP contribution >= 0.6 is 0 Å². The molecule has 4 nitrogen and oxygen atoms in total. The zero-order valence-electron chi connectivity index (χ0n) is 9.21. The zero-order chi connectivity index (χ0) is 10.9. The van der Waals surface area contributed by atoms with Crippen molar-refractivity contribution in [1.82, 2.24) is 0 Å². The van der Waals surface area contributed by atoms with Gasteiger partial charge in [-0.25, -0.2) is 9.79 Å². The van der Waals surface area contributed by atoms with Crippen molar-refractivity contribution >= 4 is 25.6 Å². The average Bonchev–Trinajstić information content (AvgIpc) is 2.13. The number of nitrogens with zero attached hydrogens (tertiary/aromatic N) is 1. The fourth-order valence-electron chi connectivity index (χ4n) is 1.32. The van der Waals surface area contributed by atoms with Crippen LogP contribution in [0.15, 0.2) is 4.99 Å². The lowest BCUT2D eigenvalue weighted by Gasteiger charge is -2.25. The second-order valence-corrected chi connectivity index (χ2v) is 6.42. The number of rotatable bonds is 8. The van der Waals surface area contributed by atoms with Gasteiger partial charge in [0.1, 0.15) is 0 Å². The molecule has 0 aliphatic carbocycles. The molecule has 0 aromatic heterocycles. The standard InChI is InChI=1S/C9H19NO3Si.H4Si/c1-4-12-14(3,13-5-2)8-6-7-10-9-11;/h4-8H2,1-3H3;1H4. The van der Waals surface area contributed by atoms with E-state index >= 15 is 0 Å². The van der Waals surface area contributed by atoms with Crippen molar-refractivity contribution in [1.29, 1.82) is 0 Å². The molecule has 0 saturated heterocycles. The van der Waals surface area contributed by atoms with Gasteiger partial charge in [-0.2, -0.15) is 0 Å². The van der Waals surface area contributed by atoms with Crippen LogP contribution in [0.2, 0.25) is 12.6 Å². The summed E-state index contributed by atoms with van der Waals surface area (Å²) < 4.78 is 11.3. The van der Waals surface area contributed by atoms with Crippen molar-refractivity contribution in [2.45, 2.75) is 32.9 Å². The highest BCUT2D eigenvalue weighted by Gasteiger charge is 2.29. The van der Waals surface area contributed by atoms with Gasteiger partial charge in [-0.15, -0.1) is 0 Å². The van der Waals surface area contributed by atoms with Crippen molar-refractivity contribution in [2.24, 2.45) is 4.99 Å². The highest BCUT2D eigenvalue weighted by molar-refractivity contribution is 6.66. The maximum atomic E-state index is 9.84. The Morgan fingerprint density at radius 3 is 2.20 bits per heavy atom. The Kier molecular flexibility index (Phi) is 11.7. The molecule has 0 amide bonds. The van der Waals surface area contributed by atoms with Crippen LogP contribution in [0.1, 0.15) is 20.3 Å². The zero-order valence-corrected chi connectivity index (χ0v) is 10.2. The van der Waals surface area contributed by atoms with Gasteiger partial charge in [-0.05, 0) is 43.8 Å². The molecule has 0 bridgehead atoms. The van der Waals surface area contributed by atoms with E-state index in [-0.39, 0.29) is 11.0 Å². The number of carbonyl (C=O) groups excluding carboxylic acids is 1. The Bertz CT molecular complexity index is 190. The van der Waals surface area contributed by atoms with Crippen LogP contribution in [0.4, 0.5) is 0 Å². The van der Waals surface area contributed by atoms with Gasteiger partial charge in [0.2, 0.25) is 6.08 Å². The Labute approximate surface area is 97.3 Å². The molecule has 0 aromatic carbocycles. The van der Waals surface area contributed by atoms with Gasteiger partial charge in [-0.3, -0.25) is 0 Å². The maximum Gasteiger partial charge on any atom is 0.334 e. The number of hydrogen-bond donors (Lipinski definition) is 0. The van der Waals surface area contributed by atoms with Gasteiger partial charge >= 0.3 is 8.56 Å². The van der Waals surface area contributed by atoms with Gasteiger partial charge < -0.3 is 8.85 Å². The summed E-state index contributed by atoms with van der Waals surface area (Å²) in [5.41, 5.74) is 0. The molecule has 0 rings (SSSR count). The second kappa shape index (κ2) is 10.3. The minimum absolute atomic E-state index is 0. The topological polar surface area (TPSA) is 47.9 Å². The highest BCUT2D eigenvalue weighted by Crippen LogP contribution is 2.15. The van der Waals surface area contributed by atoms with E-state index in [0.717, 1.165) is 12.5 Å². The highest BCUT2D eigenvalue weighted by atomic mass is 28.4. The molecular weight excluding hydrogens is 226 g/mol. The fraction of sp³-hybridized carbons (Fsp3) is 0.889. The summed E-state index contributed by atoms with van der Waals surface area (Å²) in [5, 5.41) is 0. The van der Waals surface area contributed by atoms with Crippen LogP contribution in [0.5, 0.6) is 0 Å². The fourth-order valence-corrected chi connectivity index (χ4v) is 3.72. The van der Waals surface area contributed by atoms with E-state index in [1.54, 1.807) is 0 Å². The van der Waals surface area contributed by atoms with Crippen LogP contribution in [0.3, 0.4) is 0 Å². The summed E-state index contributed by atoms with van der Waals surface area (Å²) in [6.45, 7) is 7.86. The molecule has 0 aliphatic rings. The Balaban J connectivity index is 0. The molecule has 0 unspecified atom stereocenters. The first-order valence-corrected chi connectivity index (χ1v) is 7.52. The van der Waals surface area contributed by atoms with E-state index in [1.807, 2.05) is 20.4 Å². The monoisotopic (exact) mass is 249 g/mol. The number of hydrogen-bond acceptors (Lipinski definition) is 4.